The number of hydrogen-bond donors (Lipinski definition) is 1. The second kappa shape index (κ2) is 6.79. The monoisotopic (exact) mass is 275 g/mol. The first-order valence-corrected chi connectivity index (χ1v) is 7.50. The number of rotatable bonds is 7. The molecule has 1 unspecified atom stereocenters. The molecule has 5 nitrogen and oxygen atoms in total. The Labute approximate surface area is 120 Å². The molecule has 110 valence electrons. The summed E-state index contributed by atoms with van der Waals surface area (Å²) in [4.78, 5) is 4.51. The molecule has 0 aliphatic carbocycles. The number of fused-ring (bicyclic) bond motifs is 1. The van der Waals surface area contributed by atoms with Gasteiger partial charge in [0.1, 0.15) is 5.82 Å². The summed E-state index contributed by atoms with van der Waals surface area (Å²) in [6.45, 7) is 9.73. The molecule has 0 amide bonds. The van der Waals surface area contributed by atoms with Gasteiger partial charge in [-0.25, -0.2) is 0 Å². The highest BCUT2D eigenvalue weighted by atomic mass is 15.2. The molecule has 0 radical (unpaired) electrons. The fraction of sp³-hybridized carbons (Fsp3) is 0.667. The van der Waals surface area contributed by atoms with Gasteiger partial charge in [-0.15, -0.1) is 10.2 Å². The lowest BCUT2D eigenvalue weighted by Gasteiger charge is -2.20. The average molecular weight is 275 g/mol. The minimum Gasteiger partial charge on any atom is -0.314 e. The first-order chi connectivity index (χ1) is 9.61. The van der Waals surface area contributed by atoms with Gasteiger partial charge in [0.25, 0.3) is 0 Å². The summed E-state index contributed by atoms with van der Waals surface area (Å²) in [5.41, 5.74) is 1.92. The van der Waals surface area contributed by atoms with Gasteiger partial charge in [-0.3, -0.25) is 9.38 Å². The lowest BCUT2D eigenvalue weighted by molar-refractivity contribution is 0.414. The molecule has 0 spiro atoms. The Morgan fingerprint density at radius 1 is 1.30 bits per heavy atom. The molecule has 0 fully saturated rings. The van der Waals surface area contributed by atoms with Crippen molar-refractivity contribution in [1.29, 1.82) is 0 Å². The molecule has 0 saturated carbocycles. The van der Waals surface area contributed by atoms with E-state index in [0.717, 1.165) is 43.0 Å². The first kappa shape index (κ1) is 14.9. The van der Waals surface area contributed by atoms with E-state index in [0.29, 0.717) is 12.0 Å². The molecule has 2 aromatic heterocycles. The van der Waals surface area contributed by atoms with Crippen LogP contribution in [0.1, 0.15) is 45.1 Å². The van der Waals surface area contributed by atoms with E-state index in [1.165, 1.54) is 0 Å². The van der Waals surface area contributed by atoms with Crippen LogP contribution in [0.3, 0.4) is 0 Å². The van der Waals surface area contributed by atoms with Crippen LogP contribution in [0.2, 0.25) is 0 Å². The molecular formula is C15H25N5. The summed E-state index contributed by atoms with van der Waals surface area (Å²) in [5, 5.41) is 12.0. The topological polar surface area (TPSA) is 55.1 Å². The van der Waals surface area contributed by atoms with Crippen LogP contribution in [0.25, 0.3) is 5.65 Å². The molecule has 0 aliphatic heterocycles. The zero-order valence-electron chi connectivity index (χ0n) is 12.9. The molecular weight excluding hydrogens is 250 g/mol. The standard InChI is InChI=1S/C15H25N5/c1-5-6-16-13(9-11(2)3)10-14-15-19-18-12(4)20(15)8-7-17-14/h7-8,11,13,16H,5-6,9-10H2,1-4H3. The number of hydrogen-bond acceptors (Lipinski definition) is 4. The van der Waals surface area contributed by atoms with E-state index < -0.39 is 0 Å². The molecule has 2 heterocycles. The maximum Gasteiger partial charge on any atom is 0.182 e. The largest absolute Gasteiger partial charge is 0.314 e. The summed E-state index contributed by atoms with van der Waals surface area (Å²) in [5.74, 6) is 1.58. The second-order valence-corrected chi connectivity index (χ2v) is 5.80. The predicted molar refractivity (Wildman–Crippen MR) is 80.8 cm³/mol. The molecule has 1 N–H and O–H groups in total. The normalized spacial score (nSPS) is 13.2. The van der Waals surface area contributed by atoms with Crippen molar-refractivity contribution in [2.75, 3.05) is 6.54 Å². The highest BCUT2D eigenvalue weighted by molar-refractivity contribution is 5.43. The fourth-order valence-electron chi connectivity index (χ4n) is 2.53. The predicted octanol–water partition coefficient (Wildman–Crippen LogP) is 2.39. The van der Waals surface area contributed by atoms with E-state index in [2.05, 4.69) is 41.3 Å². The van der Waals surface area contributed by atoms with Crippen molar-refractivity contribution < 1.29 is 0 Å². The Morgan fingerprint density at radius 2 is 2.10 bits per heavy atom. The van der Waals surface area contributed by atoms with E-state index in [9.17, 15) is 0 Å². The quantitative estimate of drug-likeness (QED) is 0.843. The van der Waals surface area contributed by atoms with E-state index in [1.54, 1.807) is 0 Å². The van der Waals surface area contributed by atoms with Crippen LogP contribution in [-0.2, 0) is 6.42 Å². The second-order valence-electron chi connectivity index (χ2n) is 5.80. The summed E-state index contributed by atoms with van der Waals surface area (Å²) < 4.78 is 2.01. The summed E-state index contributed by atoms with van der Waals surface area (Å²) in [7, 11) is 0. The molecule has 5 heteroatoms. The van der Waals surface area contributed by atoms with Gasteiger partial charge in [0.2, 0.25) is 0 Å². The van der Waals surface area contributed by atoms with Crippen LogP contribution in [0.4, 0.5) is 0 Å². The molecule has 0 aromatic carbocycles. The van der Waals surface area contributed by atoms with Crippen molar-refractivity contribution in [2.45, 2.75) is 53.0 Å². The molecule has 1 atom stereocenters. The van der Waals surface area contributed by atoms with Crippen LogP contribution in [0.5, 0.6) is 0 Å². The number of aromatic nitrogens is 4. The van der Waals surface area contributed by atoms with Crippen molar-refractivity contribution in [1.82, 2.24) is 24.9 Å². The van der Waals surface area contributed by atoms with Gasteiger partial charge in [0.05, 0.1) is 5.69 Å². The van der Waals surface area contributed by atoms with Gasteiger partial charge in [0, 0.05) is 24.9 Å². The maximum absolute atomic E-state index is 4.51. The van der Waals surface area contributed by atoms with Crippen LogP contribution in [-0.4, -0.2) is 32.2 Å². The van der Waals surface area contributed by atoms with Gasteiger partial charge in [-0.2, -0.15) is 0 Å². The van der Waals surface area contributed by atoms with Crippen molar-refractivity contribution in [3.63, 3.8) is 0 Å². The van der Waals surface area contributed by atoms with Crippen LogP contribution in [0, 0.1) is 12.8 Å². The summed E-state index contributed by atoms with van der Waals surface area (Å²) >= 11 is 0. The van der Waals surface area contributed by atoms with Gasteiger partial charge >= 0.3 is 0 Å². The summed E-state index contributed by atoms with van der Waals surface area (Å²) in [6.07, 6.45) is 6.96. The lowest BCUT2D eigenvalue weighted by Crippen LogP contribution is -2.33. The van der Waals surface area contributed by atoms with E-state index in [4.69, 9.17) is 0 Å². The third-order valence-electron chi connectivity index (χ3n) is 3.45. The third kappa shape index (κ3) is 3.54. The van der Waals surface area contributed by atoms with Crippen molar-refractivity contribution in [3.8, 4) is 0 Å². The Hall–Kier alpha value is -1.49. The van der Waals surface area contributed by atoms with Gasteiger partial charge < -0.3 is 5.32 Å². The number of aryl methyl sites for hydroxylation is 1. The van der Waals surface area contributed by atoms with Crippen molar-refractivity contribution in [2.24, 2.45) is 5.92 Å². The minimum atomic E-state index is 0.450. The molecule has 2 rings (SSSR count). The summed E-state index contributed by atoms with van der Waals surface area (Å²) in [6, 6.07) is 0.450. The van der Waals surface area contributed by atoms with Gasteiger partial charge in [0.15, 0.2) is 5.65 Å². The SMILES string of the molecule is CCCNC(Cc1nccn2c(C)nnc12)CC(C)C. The van der Waals surface area contributed by atoms with E-state index in [1.807, 2.05) is 23.7 Å². The van der Waals surface area contributed by atoms with Gasteiger partial charge in [-0.05, 0) is 32.2 Å². The van der Waals surface area contributed by atoms with E-state index >= 15 is 0 Å². The Bertz CT molecular complexity index is 546. The Kier molecular flexibility index (Phi) is 5.06. The molecule has 2 aromatic rings. The van der Waals surface area contributed by atoms with Crippen LogP contribution in [0.15, 0.2) is 12.4 Å². The first-order valence-electron chi connectivity index (χ1n) is 7.50. The third-order valence-corrected chi connectivity index (χ3v) is 3.45. The van der Waals surface area contributed by atoms with E-state index in [-0.39, 0.29) is 0 Å². The Balaban J connectivity index is 2.18. The number of nitrogens with one attached hydrogen (secondary N) is 1. The molecule has 0 bridgehead atoms. The van der Waals surface area contributed by atoms with Crippen molar-refractivity contribution in [3.05, 3.63) is 23.9 Å². The van der Waals surface area contributed by atoms with Crippen molar-refractivity contribution >= 4 is 5.65 Å². The zero-order chi connectivity index (χ0) is 14.5. The van der Waals surface area contributed by atoms with Crippen LogP contribution < -0.4 is 5.32 Å². The average Bonchev–Trinajstić information content (AvgIpc) is 2.78. The highest BCUT2D eigenvalue weighted by Crippen LogP contribution is 2.13. The lowest BCUT2D eigenvalue weighted by atomic mass is 9.99. The maximum atomic E-state index is 4.51. The highest BCUT2D eigenvalue weighted by Gasteiger charge is 2.15. The number of nitrogens with zero attached hydrogens (tertiary/aromatic N) is 4. The molecule has 0 saturated heterocycles. The van der Waals surface area contributed by atoms with Crippen LogP contribution >= 0.6 is 0 Å². The fourth-order valence-corrected chi connectivity index (χ4v) is 2.53. The molecule has 0 aliphatic rings. The zero-order valence-corrected chi connectivity index (χ0v) is 12.9. The van der Waals surface area contributed by atoms with Gasteiger partial charge in [-0.1, -0.05) is 20.8 Å². The Morgan fingerprint density at radius 3 is 2.80 bits per heavy atom. The molecule has 20 heavy (non-hydrogen) atoms. The minimum absolute atomic E-state index is 0.450. The smallest absolute Gasteiger partial charge is 0.182 e.